The first kappa shape index (κ1) is 39.5. The molecule has 6 nitrogen and oxygen atoms in total. The van der Waals surface area contributed by atoms with Gasteiger partial charge in [0.2, 0.25) is 0 Å². The molecule has 0 aromatic heterocycles. The summed E-state index contributed by atoms with van der Waals surface area (Å²) >= 11 is 0. The van der Waals surface area contributed by atoms with E-state index < -0.39 is 46.0 Å². The van der Waals surface area contributed by atoms with Crippen molar-refractivity contribution < 1.29 is 28.8 Å². The van der Waals surface area contributed by atoms with Gasteiger partial charge in [0.05, 0.1) is 57.5 Å². The Labute approximate surface area is 291 Å². The van der Waals surface area contributed by atoms with Gasteiger partial charge in [-0.15, -0.1) is 0 Å². The number of benzene rings is 4. The van der Waals surface area contributed by atoms with E-state index in [4.69, 9.17) is 0 Å². The van der Waals surface area contributed by atoms with Crippen LogP contribution in [0.2, 0.25) is 0 Å². The number of aliphatic hydroxyl groups excluding tert-OH is 4. The summed E-state index contributed by atoms with van der Waals surface area (Å²) in [6, 6.07) is 34.9. The second-order valence-corrected chi connectivity index (χ2v) is 15.7. The third-order valence-corrected chi connectivity index (χ3v) is 11.7. The number of aryl methyl sites for hydroxylation is 4. The summed E-state index contributed by atoms with van der Waals surface area (Å²) in [6.07, 6.45) is -0.125. The van der Waals surface area contributed by atoms with Crippen LogP contribution in [0.1, 0.15) is 48.9 Å². The van der Waals surface area contributed by atoms with Gasteiger partial charge in [0.15, 0.2) is 0 Å². The highest BCUT2D eigenvalue weighted by Gasteiger charge is 2.25. The summed E-state index contributed by atoms with van der Waals surface area (Å²) < 4.78 is 24.7. The monoisotopic (exact) mass is 692 g/mol. The van der Waals surface area contributed by atoms with Crippen LogP contribution in [0.3, 0.4) is 0 Å². The lowest BCUT2D eigenvalue weighted by molar-refractivity contribution is 0.0287. The first-order valence-electron chi connectivity index (χ1n) is 16.6. The van der Waals surface area contributed by atoms with E-state index in [-0.39, 0.29) is 23.3 Å². The molecule has 0 saturated heterocycles. The molecular formula is C40H52O6S2. The van der Waals surface area contributed by atoms with Crippen LogP contribution in [0, 0.1) is 25.7 Å². The fourth-order valence-corrected chi connectivity index (χ4v) is 7.64. The van der Waals surface area contributed by atoms with E-state index in [2.05, 4.69) is 0 Å². The molecule has 0 aliphatic carbocycles. The molecule has 260 valence electrons. The molecule has 4 N–H and O–H groups in total. The second kappa shape index (κ2) is 20.5. The Morgan fingerprint density at radius 1 is 0.479 bits per heavy atom. The molecule has 0 amide bonds. The van der Waals surface area contributed by atoms with Crippen molar-refractivity contribution in [3.63, 3.8) is 0 Å². The predicted octanol–water partition coefficient (Wildman–Crippen LogP) is 6.19. The second-order valence-electron chi connectivity index (χ2n) is 12.7. The molecular weight excluding hydrogens is 641 g/mol. The van der Waals surface area contributed by atoms with E-state index in [1.807, 2.05) is 137 Å². The van der Waals surface area contributed by atoms with Gasteiger partial charge in [0, 0.05) is 21.6 Å². The molecule has 0 heterocycles. The molecule has 0 saturated carbocycles. The smallest absolute Gasteiger partial charge is 0.0709 e. The highest BCUT2D eigenvalue weighted by molar-refractivity contribution is 7.85. The Morgan fingerprint density at radius 2 is 0.792 bits per heavy atom. The third-order valence-electron chi connectivity index (χ3n) is 8.78. The molecule has 4 rings (SSSR count). The van der Waals surface area contributed by atoms with Crippen LogP contribution in [0.5, 0.6) is 0 Å². The zero-order valence-corrected chi connectivity index (χ0v) is 30.2. The summed E-state index contributed by atoms with van der Waals surface area (Å²) in [6.45, 7) is 7.58. The Balaban J connectivity index is 0.000000260. The van der Waals surface area contributed by atoms with Crippen molar-refractivity contribution >= 4 is 21.6 Å². The molecule has 0 aliphatic heterocycles. The van der Waals surface area contributed by atoms with Gasteiger partial charge in [0.1, 0.15) is 0 Å². The minimum atomic E-state index is -1.26. The van der Waals surface area contributed by atoms with Crippen molar-refractivity contribution in [3.05, 3.63) is 131 Å². The Kier molecular flexibility index (Phi) is 16.9. The first-order chi connectivity index (χ1) is 22.9. The maximum Gasteiger partial charge on any atom is 0.0709 e. The van der Waals surface area contributed by atoms with Crippen molar-refractivity contribution in [2.45, 2.75) is 87.6 Å². The van der Waals surface area contributed by atoms with Gasteiger partial charge in [-0.05, 0) is 74.9 Å². The van der Waals surface area contributed by atoms with Crippen LogP contribution in [0.25, 0.3) is 0 Å². The fraction of sp³-hybridized carbons (Fsp3) is 0.400. The van der Waals surface area contributed by atoms with Crippen LogP contribution in [0.4, 0.5) is 0 Å². The summed E-state index contributed by atoms with van der Waals surface area (Å²) in [5, 5.41) is 41.3. The predicted molar refractivity (Wildman–Crippen MR) is 197 cm³/mol. The van der Waals surface area contributed by atoms with Gasteiger partial charge >= 0.3 is 0 Å². The standard InChI is InChI=1S/2C20H26O3S/c2*1-15-8-11-18(12-9-15)24(23)14-20(22)16(2)19(21)13-10-17-6-4-3-5-7-17/h2*3-9,11-12,16,19-22H,10,13-14H2,1-2H3/t2*16-,19-,20-,24-/m11/s1. The molecule has 4 aromatic rings. The Bertz CT molecular complexity index is 1400. The van der Waals surface area contributed by atoms with E-state index in [0.717, 1.165) is 24.0 Å². The maximum absolute atomic E-state index is 12.3. The molecule has 4 aromatic carbocycles. The van der Waals surface area contributed by atoms with E-state index in [0.29, 0.717) is 22.6 Å². The Morgan fingerprint density at radius 3 is 1.10 bits per heavy atom. The minimum Gasteiger partial charge on any atom is -0.393 e. The third kappa shape index (κ3) is 13.5. The van der Waals surface area contributed by atoms with Crippen LogP contribution < -0.4 is 0 Å². The van der Waals surface area contributed by atoms with Crippen molar-refractivity contribution in [1.29, 1.82) is 0 Å². The van der Waals surface area contributed by atoms with Crippen LogP contribution >= 0.6 is 0 Å². The summed E-state index contributed by atoms with van der Waals surface area (Å²) in [5.41, 5.74) is 4.56. The average molecular weight is 693 g/mol. The minimum absolute atomic E-state index is 0.145. The largest absolute Gasteiger partial charge is 0.393 e. The molecule has 0 unspecified atom stereocenters. The van der Waals surface area contributed by atoms with Gasteiger partial charge in [-0.1, -0.05) is 110 Å². The lowest BCUT2D eigenvalue weighted by atomic mass is 9.94. The van der Waals surface area contributed by atoms with E-state index in [1.54, 1.807) is 0 Å². The van der Waals surface area contributed by atoms with Gasteiger partial charge in [-0.2, -0.15) is 0 Å². The fourth-order valence-electron chi connectivity index (χ4n) is 5.14. The van der Waals surface area contributed by atoms with Gasteiger partial charge in [0.25, 0.3) is 0 Å². The molecule has 0 radical (unpaired) electrons. The van der Waals surface area contributed by atoms with Gasteiger partial charge in [-0.3, -0.25) is 8.42 Å². The number of hydrogen-bond acceptors (Lipinski definition) is 6. The van der Waals surface area contributed by atoms with Gasteiger partial charge < -0.3 is 20.4 Å². The molecule has 0 fully saturated rings. The quantitative estimate of drug-likeness (QED) is 0.111. The topological polar surface area (TPSA) is 115 Å². The zero-order valence-electron chi connectivity index (χ0n) is 28.5. The normalized spacial score (nSPS) is 16.3. The Hall–Kier alpha value is -2.98. The van der Waals surface area contributed by atoms with Crippen molar-refractivity contribution in [3.8, 4) is 0 Å². The van der Waals surface area contributed by atoms with Gasteiger partial charge in [-0.25, -0.2) is 0 Å². The summed E-state index contributed by atoms with van der Waals surface area (Å²) in [7, 11) is -2.52. The average Bonchev–Trinajstić information content (AvgIpc) is 3.10. The SMILES string of the molecule is Cc1ccc([S@](=O)C[C@@H](O)[C@H](C)[C@H](O)CCc2ccccc2)cc1.Cc1ccc([S@](=O)C[C@@H](O)[C@H](C)[C@H](O)CCc2ccccc2)cc1. The first-order valence-corrected chi connectivity index (χ1v) is 19.3. The highest BCUT2D eigenvalue weighted by Crippen LogP contribution is 2.20. The van der Waals surface area contributed by atoms with E-state index in [9.17, 15) is 28.8 Å². The van der Waals surface area contributed by atoms with E-state index >= 15 is 0 Å². The molecule has 0 aliphatic rings. The highest BCUT2D eigenvalue weighted by atomic mass is 32.2. The maximum atomic E-state index is 12.3. The van der Waals surface area contributed by atoms with Crippen LogP contribution in [-0.4, -0.2) is 64.8 Å². The number of hydrogen-bond donors (Lipinski definition) is 4. The summed E-state index contributed by atoms with van der Waals surface area (Å²) in [4.78, 5) is 1.43. The van der Waals surface area contributed by atoms with Crippen molar-refractivity contribution in [1.82, 2.24) is 0 Å². The number of aliphatic hydroxyl groups is 4. The molecule has 0 bridgehead atoms. The van der Waals surface area contributed by atoms with E-state index in [1.165, 1.54) is 11.1 Å². The summed E-state index contributed by atoms with van der Waals surface area (Å²) in [5.74, 6) is -0.342. The van der Waals surface area contributed by atoms with Crippen molar-refractivity contribution in [2.75, 3.05) is 11.5 Å². The lowest BCUT2D eigenvalue weighted by Crippen LogP contribution is -2.33. The van der Waals surface area contributed by atoms with Crippen molar-refractivity contribution in [2.24, 2.45) is 11.8 Å². The number of rotatable bonds is 16. The van der Waals surface area contributed by atoms with Crippen LogP contribution in [-0.2, 0) is 34.4 Å². The molecule has 0 spiro atoms. The molecule has 8 atom stereocenters. The molecule has 48 heavy (non-hydrogen) atoms. The lowest BCUT2D eigenvalue weighted by Gasteiger charge is -2.24. The van der Waals surface area contributed by atoms with Crippen LogP contribution in [0.15, 0.2) is 119 Å². The zero-order chi connectivity index (χ0) is 35.1. The molecule has 8 heteroatoms.